The third-order valence-corrected chi connectivity index (χ3v) is 3.49. The van der Waals surface area contributed by atoms with Crippen molar-refractivity contribution < 1.29 is 9.59 Å². The van der Waals surface area contributed by atoms with Gasteiger partial charge in [0.05, 0.1) is 0 Å². The van der Waals surface area contributed by atoms with Crippen LogP contribution in [0.5, 0.6) is 0 Å². The first-order valence-corrected chi connectivity index (χ1v) is 6.70. The maximum absolute atomic E-state index is 12.3. The molecule has 1 saturated carbocycles. The van der Waals surface area contributed by atoms with Crippen molar-refractivity contribution in [3.05, 3.63) is 0 Å². The van der Waals surface area contributed by atoms with Gasteiger partial charge in [0.25, 0.3) is 0 Å². The lowest BCUT2D eigenvalue weighted by Gasteiger charge is -2.24. The molecular formula is C13H25N3O2. The summed E-state index contributed by atoms with van der Waals surface area (Å²) in [5, 5.41) is 2.87. The smallest absolute Gasteiger partial charge is 0.238 e. The van der Waals surface area contributed by atoms with E-state index >= 15 is 0 Å². The molecule has 0 spiro atoms. The highest BCUT2D eigenvalue weighted by atomic mass is 16.2. The van der Waals surface area contributed by atoms with Gasteiger partial charge in [-0.05, 0) is 40.8 Å². The van der Waals surface area contributed by atoms with E-state index in [0.717, 1.165) is 6.54 Å². The number of carbonyl (C=O) groups is 2. The lowest BCUT2D eigenvalue weighted by atomic mass is 10.0. The van der Waals surface area contributed by atoms with Gasteiger partial charge in [-0.3, -0.25) is 9.59 Å². The highest BCUT2D eigenvalue weighted by Crippen LogP contribution is 2.47. The quantitative estimate of drug-likeness (QED) is 0.666. The van der Waals surface area contributed by atoms with Crippen LogP contribution in [0.1, 0.15) is 26.7 Å². The Bertz CT molecular complexity index is 307. The van der Waals surface area contributed by atoms with Crippen LogP contribution in [-0.2, 0) is 9.59 Å². The van der Waals surface area contributed by atoms with E-state index in [0.29, 0.717) is 32.5 Å². The summed E-state index contributed by atoms with van der Waals surface area (Å²) in [6, 6.07) is 0. The Kier molecular flexibility index (Phi) is 5.14. The van der Waals surface area contributed by atoms with Crippen LogP contribution in [0.15, 0.2) is 0 Å². The van der Waals surface area contributed by atoms with Crippen LogP contribution in [0.3, 0.4) is 0 Å². The Balaban J connectivity index is 2.53. The van der Waals surface area contributed by atoms with Crippen molar-refractivity contribution in [2.24, 2.45) is 5.41 Å². The number of hydrogen-bond acceptors (Lipinski definition) is 3. The van der Waals surface area contributed by atoms with Gasteiger partial charge in [-0.15, -0.1) is 0 Å². The van der Waals surface area contributed by atoms with Gasteiger partial charge in [0.15, 0.2) is 0 Å². The van der Waals surface area contributed by atoms with Gasteiger partial charge in [0.1, 0.15) is 5.41 Å². The second-order valence-corrected chi connectivity index (χ2v) is 5.12. The van der Waals surface area contributed by atoms with E-state index in [2.05, 4.69) is 5.32 Å². The number of amides is 2. The maximum atomic E-state index is 12.3. The summed E-state index contributed by atoms with van der Waals surface area (Å²) in [6.45, 7) is 6.62. The van der Waals surface area contributed by atoms with Crippen LogP contribution in [0.4, 0.5) is 0 Å². The van der Waals surface area contributed by atoms with Gasteiger partial charge in [0.2, 0.25) is 11.8 Å². The van der Waals surface area contributed by atoms with Gasteiger partial charge < -0.3 is 15.1 Å². The lowest BCUT2D eigenvalue weighted by molar-refractivity contribution is -0.143. The molecule has 0 aliphatic heterocycles. The molecule has 2 amide bonds. The predicted molar refractivity (Wildman–Crippen MR) is 71.2 cm³/mol. The Labute approximate surface area is 110 Å². The molecule has 0 aromatic rings. The molecule has 0 aromatic carbocycles. The molecule has 1 fully saturated rings. The zero-order chi connectivity index (χ0) is 13.8. The summed E-state index contributed by atoms with van der Waals surface area (Å²) in [5.41, 5.74) is -0.752. The number of hydrogen-bond donors (Lipinski definition) is 1. The van der Waals surface area contributed by atoms with E-state index in [4.69, 9.17) is 0 Å². The summed E-state index contributed by atoms with van der Waals surface area (Å²) in [7, 11) is 3.92. The normalized spacial score (nSPS) is 16.5. The van der Waals surface area contributed by atoms with Crippen molar-refractivity contribution in [1.29, 1.82) is 0 Å². The minimum atomic E-state index is -0.752. The number of likely N-dealkylation sites (N-methyl/N-ethyl adjacent to an activating group) is 1. The first-order valence-electron chi connectivity index (χ1n) is 6.70. The van der Waals surface area contributed by atoms with Crippen LogP contribution in [0.2, 0.25) is 0 Å². The molecule has 18 heavy (non-hydrogen) atoms. The van der Waals surface area contributed by atoms with Gasteiger partial charge >= 0.3 is 0 Å². The minimum Gasteiger partial charge on any atom is -0.354 e. The summed E-state index contributed by atoms with van der Waals surface area (Å²) in [5.74, 6) is -0.101. The van der Waals surface area contributed by atoms with Crippen LogP contribution in [-0.4, -0.2) is 61.9 Å². The molecular weight excluding hydrogens is 230 g/mol. The van der Waals surface area contributed by atoms with E-state index in [9.17, 15) is 9.59 Å². The number of carbonyl (C=O) groups excluding carboxylic acids is 2. The molecule has 104 valence electrons. The monoisotopic (exact) mass is 255 g/mol. The molecule has 0 saturated heterocycles. The van der Waals surface area contributed by atoms with Gasteiger partial charge in [-0.25, -0.2) is 0 Å². The van der Waals surface area contributed by atoms with E-state index in [1.807, 2.05) is 32.8 Å². The Morgan fingerprint density at radius 1 is 1.17 bits per heavy atom. The molecule has 0 atom stereocenters. The highest BCUT2D eigenvalue weighted by Gasteiger charge is 2.57. The third-order valence-electron chi connectivity index (χ3n) is 3.49. The average Bonchev–Trinajstić information content (AvgIpc) is 3.11. The molecule has 5 heteroatoms. The molecule has 0 radical (unpaired) electrons. The fourth-order valence-electron chi connectivity index (χ4n) is 2.04. The van der Waals surface area contributed by atoms with Crippen molar-refractivity contribution in [3.8, 4) is 0 Å². The molecule has 1 aliphatic rings. The Hall–Kier alpha value is -1.10. The van der Waals surface area contributed by atoms with Crippen LogP contribution in [0.25, 0.3) is 0 Å². The summed E-state index contributed by atoms with van der Waals surface area (Å²) >= 11 is 0. The third kappa shape index (κ3) is 3.22. The van der Waals surface area contributed by atoms with Crippen molar-refractivity contribution in [2.45, 2.75) is 26.7 Å². The zero-order valence-corrected chi connectivity index (χ0v) is 12.0. The Morgan fingerprint density at radius 3 is 2.11 bits per heavy atom. The van der Waals surface area contributed by atoms with E-state index < -0.39 is 5.41 Å². The minimum absolute atomic E-state index is 0.00477. The van der Waals surface area contributed by atoms with E-state index in [-0.39, 0.29) is 11.8 Å². The van der Waals surface area contributed by atoms with Crippen LogP contribution >= 0.6 is 0 Å². The molecule has 0 bridgehead atoms. The molecule has 1 N–H and O–H groups in total. The van der Waals surface area contributed by atoms with Crippen molar-refractivity contribution in [1.82, 2.24) is 15.1 Å². The Morgan fingerprint density at radius 2 is 1.72 bits per heavy atom. The largest absolute Gasteiger partial charge is 0.354 e. The molecule has 1 rings (SSSR count). The second kappa shape index (κ2) is 6.18. The number of rotatable bonds is 7. The second-order valence-electron chi connectivity index (χ2n) is 5.12. The fraction of sp³-hybridized carbons (Fsp3) is 0.846. The maximum Gasteiger partial charge on any atom is 0.238 e. The van der Waals surface area contributed by atoms with Crippen LogP contribution in [0, 0.1) is 5.41 Å². The van der Waals surface area contributed by atoms with Gasteiger partial charge in [0, 0.05) is 26.2 Å². The van der Waals surface area contributed by atoms with Crippen LogP contribution < -0.4 is 5.32 Å². The first kappa shape index (κ1) is 15.0. The zero-order valence-electron chi connectivity index (χ0n) is 12.0. The van der Waals surface area contributed by atoms with Crippen molar-refractivity contribution >= 4 is 11.8 Å². The molecule has 5 nitrogen and oxygen atoms in total. The molecule has 1 aliphatic carbocycles. The fourth-order valence-corrected chi connectivity index (χ4v) is 2.04. The van der Waals surface area contributed by atoms with Gasteiger partial charge in [-0.2, -0.15) is 0 Å². The molecule has 0 unspecified atom stereocenters. The van der Waals surface area contributed by atoms with E-state index in [1.165, 1.54) is 0 Å². The summed E-state index contributed by atoms with van der Waals surface area (Å²) in [6.07, 6.45) is 1.38. The SMILES string of the molecule is CCN(CC)C(=O)C1(C(=O)NCCN(C)C)CC1. The standard InChI is InChI=1S/C13H25N3O2/c1-5-16(6-2)12(18)13(7-8-13)11(17)14-9-10-15(3)4/h5-10H2,1-4H3,(H,14,17). The lowest BCUT2D eigenvalue weighted by Crippen LogP contribution is -2.46. The first-order chi connectivity index (χ1) is 8.47. The van der Waals surface area contributed by atoms with E-state index in [1.54, 1.807) is 4.90 Å². The summed E-state index contributed by atoms with van der Waals surface area (Å²) in [4.78, 5) is 28.1. The van der Waals surface area contributed by atoms with Gasteiger partial charge in [-0.1, -0.05) is 0 Å². The topological polar surface area (TPSA) is 52.7 Å². The predicted octanol–water partition coefficient (Wildman–Crippen LogP) is 0.313. The average molecular weight is 255 g/mol. The van der Waals surface area contributed by atoms with Crippen molar-refractivity contribution in [3.63, 3.8) is 0 Å². The van der Waals surface area contributed by atoms with Crippen molar-refractivity contribution in [2.75, 3.05) is 40.3 Å². The molecule has 0 heterocycles. The highest BCUT2D eigenvalue weighted by molar-refractivity contribution is 6.07. The molecule has 0 aromatic heterocycles. The number of nitrogens with zero attached hydrogens (tertiary/aromatic N) is 2. The summed E-state index contributed by atoms with van der Waals surface area (Å²) < 4.78 is 0. The number of nitrogens with one attached hydrogen (secondary N) is 1.